The Labute approximate surface area is 86.0 Å². The third-order valence-corrected chi connectivity index (χ3v) is 0.667. The fourth-order valence-corrected chi connectivity index (χ4v) is 0.385. The van der Waals surface area contributed by atoms with E-state index >= 15 is 0 Å². The molecule has 0 aliphatic carbocycles. The lowest BCUT2D eigenvalue weighted by Gasteiger charge is -1.69. The summed E-state index contributed by atoms with van der Waals surface area (Å²) < 4.78 is 0. The maximum atomic E-state index is 2.12. The Morgan fingerprint density at radius 1 is 0.615 bits per heavy atom. The molecule has 0 bridgehead atoms. The molecule has 80 valence electrons. The van der Waals surface area contributed by atoms with Crippen LogP contribution in [0.2, 0.25) is 0 Å². The van der Waals surface area contributed by atoms with Crippen LogP contribution < -0.4 is 0 Å². The molecule has 0 spiro atoms. The molecule has 0 aliphatic heterocycles. The quantitative estimate of drug-likeness (QED) is 0.506. The van der Waals surface area contributed by atoms with Crippen molar-refractivity contribution >= 4 is 0 Å². The molecule has 0 aromatic heterocycles. The highest BCUT2D eigenvalue weighted by Gasteiger charge is 1.57. The van der Waals surface area contributed by atoms with E-state index in [0.717, 1.165) is 0 Å². The minimum absolute atomic E-state index is 0. The lowest BCUT2D eigenvalue weighted by atomic mass is 10.4. The van der Waals surface area contributed by atoms with Crippen LogP contribution in [0.4, 0.5) is 0 Å². The summed E-state index contributed by atoms with van der Waals surface area (Å²) in [7, 11) is 0. The predicted octanol–water partition coefficient (Wildman–Crippen LogP) is 5.40. The van der Waals surface area contributed by atoms with Gasteiger partial charge in [0.2, 0.25) is 0 Å². The van der Waals surface area contributed by atoms with Gasteiger partial charge in [0.05, 0.1) is 0 Å². The van der Waals surface area contributed by atoms with E-state index < -0.39 is 0 Å². The van der Waals surface area contributed by atoms with E-state index in [-0.39, 0.29) is 14.9 Å². The summed E-state index contributed by atoms with van der Waals surface area (Å²) in [6.07, 6.45) is 1.25. The highest BCUT2D eigenvalue weighted by Crippen LogP contribution is 1.79. The summed E-state index contributed by atoms with van der Waals surface area (Å²) in [6, 6.07) is 12.0. The Morgan fingerprint density at radius 2 is 0.692 bits per heavy atom. The van der Waals surface area contributed by atoms with Crippen LogP contribution in [-0.4, -0.2) is 0 Å². The first kappa shape index (κ1) is 22.8. The van der Waals surface area contributed by atoms with Crippen molar-refractivity contribution in [2.75, 3.05) is 0 Å². The number of hydrogen-bond acceptors (Lipinski definition) is 0. The van der Waals surface area contributed by atoms with E-state index in [9.17, 15) is 0 Å². The van der Waals surface area contributed by atoms with Gasteiger partial charge in [-0.2, -0.15) is 0 Å². The summed E-state index contributed by atoms with van der Waals surface area (Å²) in [5.74, 6) is 0. The van der Waals surface area contributed by atoms with Crippen LogP contribution in [0.5, 0.6) is 0 Å². The third-order valence-electron chi connectivity index (χ3n) is 0.667. The van der Waals surface area contributed by atoms with Crippen molar-refractivity contribution in [1.29, 1.82) is 0 Å². The van der Waals surface area contributed by atoms with E-state index in [4.69, 9.17) is 0 Å². The molecule has 0 aliphatic rings. The van der Waals surface area contributed by atoms with Gasteiger partial charge in [-0.05, 0) is 0 Å². The summed E-state index contributed by atoms with van der Waals surface area (Å²) in [4.78, 5) is 0. The van der Waals surface area contributed by atoms with E-state index in [0.29, 0.717) is 0 Å². The molecule has 13 heavy (non-hydrogen) atoms. The van der Waals surface area contributed by atoms with Crippen LogP contribution in [-0.2, 0) is 0 Å². The second-order valence-corrected chi connectivity index (χ2v) is 1.86. The smallest absolute Gasteiger partial charge is 0.0590 e. The molecule has 1 aromatic carbocycles. The molecule has 0 amide bonds. The maximum Gasteiger partial charge on any atom is -0.0590 e. The zero-order chi connectivity index (χ0) is 8.95. The normalized spacial score (nSPS) is 5.54. The van der Waals surface area contributed by atoms with E-state index in [1.165, 1.54) is 6.42 Å². The van der Waals surface area contributed by atoms with Crippen molar-refractivity contribution in [1.82, 2.24) is 0 Å². The van der Waals surface area contributed by atoms with Crippen LogP contribution in [0.15, 0.2) is 36.4 Å². The molecule has 0 saturated carbocycles. The molecule has 0 radical (unpaired) electrons. The van der Waals surface area contributed by atoms with Gasteiger partial charge in [0.15, 0.2) is 0 Å². The summed E-state index contributed by atoms with van der Waals surface area (Å²) >= 11 is 0. The minimum atomic E-state index is 0. The molecule has 1 aromatic rings. The van der Waals surface area contributed by atoms with E-state index in [2.05, 4.69) is 13.8 Å². The van der Waals surface area contributed by atoms with Gasteiger partial charge < -0.3 is 0 Å². The van der Waals surface area contributed by atoms with Gasteiger partial charge in [-0.1, -0.05) is 85.4 Å². The first-order chi connectivity index (χ1) is 5.41. The Hall–Kier alpha value is -0.780. The SMILES string of the molecule is C.C.CC.CCC.c1ccccc1. The predicted molar refractivity (Wildman–Crippen MR) is 67.2 cm³/mol. The Kier molecular flexibility index (Phi) is 53.0. The second-order valence-electron chi connectivity index (χ2n) is 1.86. The average Bonchev–Trinajstić information content (AvgIpc) is 2.12. The minimum Gasteiger partial charge on any atom is -0.0776 e. The molecule has 0 N–H and O–H groups in total. The molecule has 1 rings (SSSR count). The van der Waals surface area contributed by atoms with Gasteiger partial charge in [0.25, 0.3) is 0 Å². The highest BCUT2D eigenvalue weighted by atomic mass is 13.6. The summed E-state index contributed by atoms with van der Waals surface area (Å²) in [5.41, 5.74) is 0. The van der Waals surface area contributed by atoms with Crippen LogP contribution in [0.25, 0.3) is 0 Å². The Balaban J connectivity index is -0.0000000517. The fraction of sp³-hybridized carbons (Fsp3) is 0.538. The van der Waals surface area contributed by atoms with Gasteiger partial charge in [-0.25, -0.2) is 0 Å². The van der Waals surface area contributed by atoms with Crippen LogP contribution in [0, 0.1) is 0 Å². The zero-order valence-corrected chi connectivity index (χ0v) is 8.17. The van der Waals surface area contributed by atoms with Crippen LogP contribution in [0.1, 0.15) is 49.0 Å². The molecule has 0 fully saturated rings. The van der Waals surface area contributed by atoms with Gasteiger partial charge in [0, 0.05) is 0 Å². The largest absolute Gasteiger partial charge is 0.0776 e. The first-order valence-corrected chi connectivity index (χ1v) is 4.41. The van der Waals surface area contributed by atoms with E-state index in [1.54, 1.807) is 0 Å². The van der Waals surface area contributed by atoms with Crippen molar-refractivity contribution in [2.24, 2.45) is 0 Å². The molecule has 0 unspecified atom stereocenters. The molecular weight excluding hydrogens is 156 g/mol. The lowest BCUT2D eigenvalue weighted by Crippen LogP contribution is -1.47. The van der Waals surface area contributed by atoms with Crippen molar-refractivity contribution < 1.29 is 0 Å². The molecule has 0 nitrogen and oxygen atoms in total. The van der Waals surface area contributed by atoms with Crippen molar-refractivity contribution in [3.05, 3.63) is 36.4 Å². The van der Waals surface area contributed by atoms with Crippen molar-refractivity contribution in [3.63, 3.8) is 0 Å². The summed E-state index contributed by atoms with van der Waals surface area (Å²) in [5, 5.41) is 0. The Bertz CT molecular complexity index is 82.9. The molecule has 0 saturated heterocycles. The number of benzene rings is 1. The van der Waals surface area contributed by atoms with E-state index in [1.807, 2.05) is 50.2 Å². The lowest BCUT2D eigenvalue weighted by molar-refractivity contribution is 1.09. The summed E-state index contributed by atoms with van der Waals surface area (Å²) in [6.45, 7) is 8.25. The van der Waals surface area contributed by atoms with Crippen molar-refractivity contribution in [2.45, 2.75) is 49.0 Å². The topological polar surface area (TPSA) is 0 Å². The molecular formula is C13H28. The van der Waals surface area contributed by atoms with Crippen LogP contribution in [0.3, 0.4) is 0 Å². The highest BCUT2D eigenvalue weighted by molar-refractivity contribution is 4.99. The standard InChI is InChI=1S/C6H6.C3H8.C2H6.2CH4/c1-2-4-6-5-3-1;1-3-2;1-2;;/h1-6H;3H2,1-2H3;1-2H3;2*1H4. The zero-order valence-electron chi connectivity index (χ0n) is 8.17. The molecule has 0 heteroatoms. The third kappa shape index (κ3) is 35.0. The number of hydrogen-bond donors (Lipinski definition) is 0. The maximum absolute atomic E-state index is 2.12. The first-order valence-electron chi connectivity index (χ1n) is 4.41. The molecule has 0 atom stereocenters. The van der Waals surface area contributed by atoms with Crippen LogP contribution >= 0.6 is 0 Å². The van der Waals surface area contributed by atoms with Gasteiger partial charge in [-0.15, -0.1) is 0 Å². The average molecular weight is 184 g/mol. The van der Waals surface area contributed by atoms with Crippen molar-refractivity contribution in [3.8, 4) is 0 Å². The second kappa shape index (κ2) is 30.3. The van der Waals surface area contributed by atoms with Gasteiger partial charge in [-0.3, -0.25) is 0 Å². The fourth-order valence-electron chi connectivity index (χ4n) is 0.385. The van der Waals surface area contributed by atoms with Gasteiger partial charge >= 0.3 is 0 Å². The number of rotatable bonds is 0. The molecule has 0 heterocycles. The van der Waals surface area contributed by atoms with Gasteiger partial charge in [0.1, 0.15) is 0 Å². The monoisotopic (exact) mass is 184 g/mol. The Morgan fingerprint density at radius 3 is 0.769 bits per heavy atom.